The lowest BCUT2D eigenvalue weighted by Gasteiger charge is -1.90. The molecule has 1 rings (SSSR count). The summed E-state index contributed by atoms with van der Waals surface area (Å²) in [6.07, 6.45) is 4.94. The molecule has 1 aromatic heterocycles. The third-order valence-electron chi connectivity index (χ3n) is 0.926. The fourth-order valence-corrected chi connectivity index (χ4v) is 0.789. The Morgan fingerprint density at radius 3 is 2.50 bits per heavy atom. The molecule has 0 fully saturated rings. The molecule has 0 atom stereocenters. The van der Waals surface area contributed by atoms with E-state index >= 15 is 0 Å². The molecule has 0 aliphatic rings. The van der Waals surface area contributed by atoms with Crippen LogP contribution in [0, 0.1) is 6.57 Å². The summed E-state index contributed by atoms with van der Waals surface area (Å²) >= 11 is 1.46. The van der Waals surface area contributed by atoms with Gasteiger partial charge in [0.2, 0.25) is 5.69 Å². The molecule has 1 aromatic rings. The summed E-state index contributed by atoms with van der Waals surface area (Å²) in [4.78, 5) is 11.0. The Bertz CT molecular complexity index is 249. The Kier molecular flexibility index (Phi) is 2.24. The van der Waals surface area contributed by atoms with Crippen LogP contribution in [0.4, 0.5) is 5.69 Å². The number of thioether (sulfide) groups is 1. The lowest BCUT2D eigenvalue weighted by atomic mass is 10.6. The van der Waals surface area contributed by atoms with Crippen molar-refractivity contribution in [3.63, 3.8) is 0 Å². The monoisotopic (exact) mass is 151 g/mol. The van der Waals surface area contributed by atoms with Gasteiger partial charge >= 0.3 is 0 Å². The Labute approximate surface area is 63.3 Å². The number of aromatic nitrogens is 2. The van der Waals surface area contributed by atoms with Crippen LogP contribution in [-0.4, -0.2) is 16.2 Å². The van der Waals surface area contributed by atoms with E-state index in [0.717, 1.165) is 0 Å². The lowest BCUT2D eigenvalue weighted by Crippen LogP contribution is -1.80. The Morgan fingerprint density at radius 2 is 2.10 bits per heavy atom. The van der Waals surface area contributed by atoms with E-state index in [1.54, 1.807) is 0 Å². The Balaban J connectivity index is 2.93. The molecule has 0 N–H and O–H groups in total. The van der Waals surface area contributed by atoms with Gasteiger partial charge in [-0.3, -0.25) is 0 Å². The predicted octanol–water partition coefficient (Wildman–Crippen LogP) is 1.75. The van der Waals surface area contributed by atoms with E-state index < -0.39 is 0 Å². The first-order valence-electron chi connectivity index (χ1n) is 2.60. The highest BCUT2D eigenvalue weighted by atomic mass is 32.2. The molecule has 0 aliphatic carbocycles. The number of hydrogen-bond acceptors (Lipinski definition) is 3. The standard InChI is InChI=1S/C6H5N3S/c1-7-5-3-8-6(10-2)9-4-5/h3-4H,2H3. The summed E-state index contributed by atoms with van der Waals surface area (Å²) in [7, 11) is 0. The van der Waals surface area contributed by atoms with Crippen LogP contribution in [0.5, 0.6) is 0 Å². The Hall–Kier alpha value is -1.08. The fourth-order valence-electron chi connectivity index (χ4n) is 0.473. The van der Waals surface area contributed by atoms with Crippen LogP contribution < -0.4 is 0 Å². The van der Waals surface area contributed by atoms with Crippen molar-refractivity contribution in [2.45, 2.75) is 5.16 Å². The van der Waals surface area contributed by atoms with Crippen LogP contribution in [0.1, 0.15) is 0 Å². The average Bonchev–Trinajstić information content (AvgIpc) is 2.05. The zero-order valence-corrected chi connectivity index (χ0v) is 6.22. The van der Waals surface area contributed by atoms with E-state index in [2.05, 4.69) is 14.8 Å². The van der Waals surface area contributed by atoms with Gasteiger partial charge in [-0.2, -0.15) is 0 Å². The van der Waals surface area contributed by atoms with E-state index in [9.17, 15) is 0 Å². The molecule has 0 amide bonds. The van der Waals surface area contributed by atoms with Crippen LogP contribution in [0.3, 0.4) is 0 Å². The van der Waals surface area contributed by atoms with E-state index in [-0.39, 0.29) is 0 Å². The zero-order valence-electron chi connectivity index (χ0n) is 5.40. The van der Waals surface area contributed by atoms with Gasteiger partial charge in [-0.25, -0.2) is 14.8 Å². The van der Waals surface area contributed by atoms with Gasteiger partial charge < -0.3 is 0 Å². The minimum absolute atomic E-state index is 0.484. The molecular weight excluding hydrogens is 146 g/mol. The highest BCUT2D eigenvalue weighted by Gasteiger charge is 1.92. The van der Waals surface area contributed by atoms with Gasteiger partial charge in [0.1, 0.15) is 0 Å². The van der Waals surface area contributed by atoms with E-state index in [1.807, 2.05) is 6.26 Å². The van der Waals surface area contributed by atoms with Crippen molar-refractivity contribution >= 4 is 17.4 Å². The molecular formula is C6H5N3S. The molecule has 50 valence electrons. The van der Waals surface area contributed by atoms with Crippen molar-refractivity contribution in [2.24, 2.45) is 0 Å². The van der Waals surface area contributed by atoms with Crippen molar-refractivity contribution in [1.82, 2.24) is 9.97 Å². The second-order valence-electron chi connectivity index (χ2n) is 1.54. The van der Waals surface area contributed by atoms with E-state index in [0.29, 0.717) is 10.8 Å². The van der Waals surface area contributed by atoms with Gasteiger partial charge in [-0.1, -0.05) is 11.8 Å². The molecule has 0 bridgehead atoms. The first-order chi connectivity index (χ1) is 4.86. The van der Waals surface area contributed by atoms with Gasteiger partial charge in [-0.15, -0.1) is 0 Å². The minimum Gasteiger partial charge on any atom is -0.243 e. The number of rotatable bonds is 1. The SMILES string of the molecule is [C-]#[N+]c1cnc(SC)nc1. The molecule has 0 aromatic carbocycles. The van der Waals surface area contributed by atoms with Crippen molar-refractivity contribution < 1.29 is 0 Å². The van der Waals surface area contributed by atoms with Gasteiger partial charge in [0, 0.05) is 12.4 Å². The molecule has 1 heterocycles. The molecule has 10 heavy (non-hydrogen) atoms. The van der Waals surface area contributed by atoms with E-state index in [1.165, 1.54) is 24.2 Å². The zero-order chi connectivity index (χ0) is 7.40. The largest absolute Gasteiger partial charge is 0.243 e. The predicted molar refractivity (Wildman–Crippen MR) is 40.1 cm³/mol. The van der Waals surface area contributed by atoms with Gasteiger partial charge in [-0.05, 0) is 6.26 Å². The maximum Gasteiger partial charge on any atom is 0.223 e. The molecule has 0 saturated heterocycles. The summed E-state index contributed by atoms with van der Waals surface area (Å²) < 4.78 is 0. The molecule has 0 radical (unpaired) electrons. The molecule has 0 spiro atoms. The van der Waals surface area contributed by atoms with Crippen LogP contribution in [0.25, 0.3) is 4.85 Å². The maximum atomic E-state index is 6.61. The molecule has 4 heteroatoms. The lowest BCUT2D eigenvalue weighted by molar-refractivity contribution is 0.976. The topological polar surface area (TPSA) is 30.1 Å². The summed E-state index contributed by atoms with van der Waals surface area (Å²) in [5.74, 6) is 0. The highest BCUT2D eigenvalue weighted by Crippen LogP contribution is 2.11. The second kappa shape index (κ2) is 3.18. The van der Waals surface area contributed by atoms with Crippen molar-refractivity contribution in [3.8, 4) is 0 Å². The number of nitrogens with zero attached hydrogens (tertiary/aromatic N) is 3. The molecule has 0 aliphatic heterocycles. The first kappa shape index (κ1) is 7.03. The second-order valence-corrected chi connectivity index (χ2v) is 2.31. The summed E-state index contributed by atoms with van der Waals surface area (Å²) in [6, 6.07) is 0. The van der Waals surface area contributed by atoms with Crippen LogP contribution in [0.15, 0.2) is 17.6 Å². The first-order valence-corrected chi connectivity index (χ1v) is 3.83. The Morgan fingerprint density at radius 1 is 1.50 bits per heavy atom. The van der Waals surface area contributed by atoms with Crippen LogP contribution in [0.2, 0.25) is 0 Å². The van der Waals surface area contributed by atoms with Crippen molar-refractivity contribution in [2.75, 3.05) is 6.26 Å². The molecule has 0 saturated carbocycles. The molecule has 0 unspecified atom stereocenters. The summed E-state index contributed by atoms with van der Waals surface area (Å²) in [6.45, 7) is 6.61. The molecule has 3 nitrogen and oxygen atoms in total. The van der Waals surface area contributed by atoms with Gasteiger partial charge in [0.05, 0.1) is 6.57 Å². The van der Waals surface area contributed by atoms with Crippen LogP contribution in [-0.2, 0) is 0 Å². The van der Waals surface area contributed by atoms with Crippen molar-refractivity contribution in [3.05, 3.63) is 23.8 Å². The minimum atomic E-state index is 0.484. The highest BCUT2D eigenvalue weighted by molar-refractivity contribution is 7.98. The number of hydrogen-bond donors (Lipinski definition) is 0. The third-order valence-corrected chi connectivity index (χ3v) is 1.50. The quantitative estimate of drug-likeness (QED) is 0.348. The summed E-state index contributed by atoms with van der Waals surface area (Å²) in [5, 5.41) is 0.701. The normalized spacial score (nSPS) is 8.80. The smallest absolute Gasteiger partial charge is 0.223 e. The van der Waals surface area contributed by atoms with E-state index in [4.69, 9.17) is 6.57 Å². The van der Waals surface area contributed by atoms with Gasteiger partial charge in [0.15, 0.2) is 5.16 Å². The maximum absolute atomic E-state index is 6.61. The average molecular weight is 151 g/mol. The van der Waals surface area contributed by atoms with Gasteiger partial charge in [0.25, 0.3) is 0 Å². The van der Waals surface area contributed by atoms with Crippen molar-refractivity contribution in [1.29, 1.82) is 0 Å². The summed E-state index contributed by atoms with van der Waals surface area (Å²) in [5.41, 5.74) is 0.484. The third kappa shape index (κ3) is 1.45. The van der Waals surface area contributed by atoms with Crippen LogP contribution >= 0.6 is 11.8 Å². The fraction of sp³-hybridized carbons (Fsp3) is 0.167.